The van der Waals surface area contributed by atoms with Crippen LogP contribution in [0, 0.1) is 0 Å². The summed E-state index contributed by atoms with van der Waals surface area (Å²) in [5.74, 6) is -0.927. The Bertz CT molecular complexity index is 537. The van der Waals surface area contributed by atoms with Gasteiger partial charge < -0.3 is 9.67 Å². The van der Waals surface area contributed by atoms with E-state index in [0.29, 0.717) is 11.4 Å². The molecular formula is C9H7NO3S2. The van der Waals surface area contributed by atoms with Crippen LogP contribution in [0.4, 0.5) is 0 Å². The molecule has 0 spiro atoms. The normalized spacial score (nSPS) is 10.4. The SMILES string of the molecule is O=C(O)c1ccc(Cn2ccsc2=O)s1. The van der Waals surface area contributed by atoms with Gasteiger partial charge in [0.15, 0.2) is 0 Å². The Morgan fingerprint density at radius 1 is 1.47 bits per heavy atom. The van der Waals surface area contributed by atoms with Crippen molar-refractivity contribution in [2.24, 2.45) is 0 Å². The molecule has 2 rings (SSSR count). The Morgan fingerprint density at radius 2 is 2.27 bits per heavy atom. The van der Waals surface area contributed by atoms with Crippen molar-refractivity contribution in [3.05, 3.63) is 43.1 Å². The van der Waals surface area contributed by atoms with Crippen molar-refractivity contribution in [2.75, 3.05) is 0 Å². The lowest BCUT2D eigenvalue weighted by Gasteiger charge is -1.96. The van der Waals surface area contributed by atoms with E-state index in [-0.39, 0.29) is 4.87 Å². The lowest BCUT2D eigenvalue weighted by atomic mass is 10.4. The Kier molecular flexibility index (Phi) is 2.70. The molecule has 6 heteroatoms. The first-order chi connectivity index (χ1) is 7.16. The van der Waals surface area contributed by atoms with Gasteiger partial charge in [0.2, 0.25) is 0 Å². The van der Waals surface area contributed by atoms with Crippen LogP contribution in [0.1, 0.15) is 14.5 Å². The van der Waals surface area contributed by atoms with E-state index < -0.39 is 5.97 Å². The minimum Gasteiger partial charge on any atom is -0.477 e. The van der Waals surface area contributed by atoms with Crippen LogP contribution in [0.5, 0.6) is 0 Å². The summed E-state index contributed by atoms with van der Waals surface area (Å²) in [6, 6.07) is 3.29. The lowest BCUT2D eigenvalue weighted by Crippen LogP contribution is -2.11. The molecule has 4 nitrogen and oxygen atoms in total. The summed E-state index contributed by atoms with van der Waals surface area (Å²) >= 11 is 2.33. The van der Waals surface area contributed by atoms with Crippen LogP contribution in [-0.2, 0) is 6.54 Å². The van der Waals surface area contributed by atoms with Crippen LogP contribution in [0.25, 0.3) is 0 Å². The molecular weight excluding hydrogens is 234 g/mol. The van der Waals surface area contributed by atoms with Crippen molar-refractivity contribution in [3.63, 3.8) is 0 Å². The van der Waals surface area contributed by atoms with Crippen molar-refractivity contribution in [1.82, 2.24) is 4.57 Å². The van der Waals surface area contributed by atoms with Gasteiger partial charge >= 0.3 is 10.8 Å². The second-order valence-electron chi connectivity index (χ2n) is 2.87. The third-order valence-electron chi connectivity index (χ3n) is 1.84. The third-order valence-corrected chi connectivity index (χ3v) is 3.59. The van der Waals surface area contributed by atoms with Gasteiger partial charge in [0, 0.05) is 16.5 Å². The Hall–Kier alpha value is -1.40. The molecule has 15 heavy (non-hydrogen) atoms. The van der Waals surface area contributed by atoms with Gasteiger partial charge in [0.25, 0.3) is 0 Å². The first-order valence-corrected chi connectivity index (χ1v) is 5.82. The van der Waals surface area contributed by atoms with Gasteiger partial charge in [-0.3, -0.25) is 4.79 Å². The van der Waals surface area contributed by atoms with Gasteiger partial charge in [-0.15, -0.1) is 11.3 Å². The fraction of sp³-hybridized carbons (Fsp3) is 0.111. The van der Waals surface area contributed by atoms with Crippen molar-refractivity contribution in [3.8, 4) is 0 Å². The molecule has 1 N–H and O–H groups in total. The van der Waals surface area contributed by atoms with E-state index in [2.05, 4.69) is 0 Å². The highest BCUT2D eigenvalue weighted by molar-refractivity contribution is 7.13. The highest BCUT2D eigenvalue weighted by Crippen LogP contribution is 2.17. The van der Waals surface area contributed by atoms with Gasteiger partial charge in [-0.25, -0.2) is 4.79 Å². The first kappa shape index (κ1) is 10.1. The summed E-state index contributed by atoms with van der Waals surface area (Å²) < 4.78 is 1.56. The molecule has 0 atom stereocenters. The zero-order chi connectivity index (χ0) is 10.8. The number of carboxylic acids is 1. The number of carbonyl (C=O) groups is 1. The molecule has 0 aliphatic heterocycles. The topological polar surface area (TPSA) is 59.3 Å². The number of thiazole rings is 1. The minimum atomic E-state index is -0.927. The number of hydrogen-bond acceptors (Lipinski definition) is 4. The summed E-state index contributed by atoms with van der Waals surface area (Å²) in [5, 5.41) is 10.4. The summed E-state index contributed by atoms with van der Waals surface area (Å²) in [5.41, 5.74) is 0. The van der Waals surface area contributed by atoms with Crippen LogP contribution in [-0.4, -0.2) is 15.6 Å². The van der Waals surface area contributed by atoms with E-state index in [1.54, 1.807) is 28.3 Å². The maximum atomic E-state index is 11.2. The van der Waals surface area contributed by atoms with E-state index in [1.807, 2.05) is 0 Å². The molecule has 0 bridgehead atoms. The van der Waals surface area contributed by atoms with Crippen LogP contribution < -0.4 is 4.87 Å². The van der Waals surface area contributed by atoms with Crippen LogP contribution in [0.15, 0.2) is 28.5 Å². The standard InChI is InChI=1S/C9H7NO3S2/c11-8(12)7-2-1-6(15-7)5-10-3-4-14-9(10)13/h1-4H,5H2,(H,11,12). The highest BCUT2D eigenvalue weighted by atomic mass is 32.1. The molecule has 0 fully saturated rings. The van der Waals surface area contributed by atoms with E-state index in [9.17, 15) is 9.59 Å². The second kappa shape index (κ2) is 4.00. The first-order valence-electron chi connectivity index (χ1n) is 4.13. The Balaban J connectivity index is 2.22. The molecule has 0 aromatic carbocycles. The predicted molar refractivity (Wildman–Crippen MR) is 59.0 cm³/mol. The molecule has 0 aliphatic carbocycles. The summed E-state index contributed by atoms with van der Waals surface area (Å²) in [4.78, 5) is 23.0. The second-order valence-corrected chi connectivity index (χ2v) is 4.89. The maximum absolute atomic E-state index is 11.2. The smallest absolute Gasteiger partial charge is 0.345 e. The molecule has 0 saturated heterocycles. The Labute approximate surface area is 93.0 Å². The molecule has 0 unspecified atom stereocenters. The van der Waals surface area contributed by atoms with Crippen molar-refractivity contribution < 1.29 is 9.90 Å². The molecule has 2 aromatic heterocycles. The van der Waals surface area contributed by atoms with Crippen molar-refractivity contribution >= 4 is 28.6 Å². The van der Waals surface area contributed by atoms with Gasteiger partial charge in [-0.2, -0.15) is 0 Å². The van der Waals surface area contributed by atoms with Gasteiger partial charge in [-0.1, -0.05) is 11.3 Å². The largest absolute Gasteiger partial charge is 0.477 e. The van der Waals surface area contributed by atoms with E-state index >= 15 is 0 Å². The average Bonchev–Trinajstić information content (AvgIpc) is 2.77. The monoisotopic (exact) mass is 241 g/mol. The highest BCUT2D eigenvalue weighted by Gasteiger charge is 2.07. The number of carboxylic acid groups (broad SMARTS) is 1. The Morgan fingerprint density at radius 3 is 2.80 bits per heavy atom. The number of aromatic carboxylic acids is 1. The summed E-state index contributed by atoms with van der Waals surface area (Å²) in [6.45, 7) is 0.445. The van der Waals surface area contributed by atoms with Crippen molar-refractivity contribution in [2.45, 2.75) is 6.54 Å². The number of aromatic nitrogens is 1. The molecule has 0 aliphatic rings. The quantitative estimate of drug-likeness (QED) is 0.890. The number of thiophene rings is 1. The van der Waals surface area contributed by atoms with E-state index in [0.717, 1.165) is 16.2 Å². The maximum Gasteiger partial charge on any atom is 0.345 e. The van der Waals surface area contributed by atoms with Crippen LogP contribution in [0.2, 0.25) is 0 Å². The predicted octanol–water partition coefficient (Wildman–Crippen LogP) is 1.72. The molecule has 0 amide bonds. The molecule has 0 saturated carbocycles. The zero-order valence-electron chi connectivity index (χ0n) is 7.54. The van der Waals surface area contributed by atoms with E-state index in [1.165, 1.54) is 11.3 Å². The third kappa shape index (κ3) is 2.16. The molecule has 2 aromatic rings. The average molecular weight is 241 g/mol. The van der Waals surface area contributed by atoms with Gasteiger partial charge in [0.1, 0.15) is 4.88 Å². The van der Waals surface area contributed by atoms with Crippen molar-refractivity contribution in [1.29, 1.82) is 0 Å². The summed E-state index contributed by atoms with van der Waals surface area (Å²) in [7, 11) is 0. The number of rotatable bonds is 3. The van der Waals surface area contributed by atoms with Gasteiger partial charge in [-0.05, 0) is 12.1 Å². The van der Waals surface area contributed by atoms with Crippen LogP contribution in [0.3, 0.4) is 0 Å². The molecule has 2 heterocycles. The molecule has 78 valence electrons. The van der Waals surface area contributed by atoms with E-state index in [4.69, 9.17) is 5.11 Å². The molecule has 0 radical (unpaired) electrons. The minimum absolute atomic E-state index is 0.0275. The fourth-order valence-electron chi connectivity index (χ4n) is 1.15. The van der Waals surface area contributed by atoms with Crippen LogP contribution >= 0.6 is 22.7 Å². The zero-order valence-corrected chi connectivity index (χ0v) is 9.18. The number of hydrogen-bond donors (Lipinski definition) is 1. The van der Waals surface area contributed by atoms with Gasteiger partial charge in [0.05, 0.1) is 6.54 Å². The number of nitrogens with zero attached hydrogens (tertiary/aromatic N) is 1. The summed E-state index contributed by atoms with van der Waals surface area (Å²) in [6.07, 6.45) is 1.70. The lowest BCUT2D eigenvalue weighted by molar-refractivity contribution is 0.0702. The fourth-order valence-corrected chi connectivity index (χ4v) is 2.58.